The van der Waals surface area contributed by atoms with Crippen LogP contribution in [0.4, 0.5) is 0 Å². The summed E-state index contributed by atoms with van der Waals surface area (Å²) in [4.78, 5) is 24.1. The van der Waals surface area contributed by atoms with E-state index in [1.165, 1.54) is 4.68 Å². The maximum absolute atomic E-state index is 12.1. The Balaban J connectivity index is 1.58. The molecule has 2 aromatic rings. The number of carbonyl (C=O) groups is 2. The molecule has 0 spiro atoms. The van der Waals surface area contributed by atoms with E-state index >= 15 is 0 Å². The number of hydrogen-bond donors (Lipinski definition) is 2. The molecule has 1 heterocycles. The zero-order valence-electron chi connectivity index (χ0n) is 13.0. The Bertz CT molecular complexity index is 801. The number of benzene rings is 1. The zero-order valence-corrected chi connectivity index (χ0v) is 13.0. The highest BCUT2D eigenvalue weighted by Crippen LogP contribution is 2.19. The predicted octanol–water partition coefficient (Wildman–Crippen LogP) is 1.23. The molecule has 0 atom stereocenters. The largest absolute Gasteiger partial charge is 0.349 e. The quantitative estimate of drug-likeness (QED) is 0.835. The van der Waals surface area contributed by atoms with Crippen molar-refractivity contribution in [1.29, 1.82) is 5.26 Å². The van der Waals surface area contributed by atoms with Crippen LogP contribution in [0.5, 0.6) is 0 Å². The van der Waals surface area contributed by atoms with Crippen molar-refractivity contribution in [1.82, 2.24) is 20.4 Å². The van der Waals surface area contributed by atoms with E-state index in [4.69, 9.17) is 5.26 Å². The number of hydrogen-bond acceptors (Lipinski definition) is 4. The summed E-state index contributed by atoms with van der Waals surface area (Å²) in [6, 6.07) is 11.0. The molecule has 0 radical (unpaired) electrons. The van der Waals surface area contributed by atoms with Gasteiger partial charge in [0.1, 0.15) is 12.2 Å². The normalized spacial score (nSPS) is 13.1. The van der Waals surface area contributed by atoms with Crippen LogP contribution in [0.25, 0.3) is 0 Å². The van der Waals surface area contributed by atoms with Crippen molar-refractivity contribution < 1.29 is 9.59 Å². The third-order valence-electron chi connectivity index (χ3n) is 3.66. The third-order valence-corrected chi connectivity index (χ3v) is 3.66. The molecular formula is C17H17N5O2. The molecule has 1 aliphatic carbocycles. The van der Waals surface area contributed by atoms with Crippen molar-refractivity contribution in [2.75, 3.05) is 0 Å². The van der Waals surface area contributed by atoms with Gasteiger partial charge in [-0.15, -0.1) is 0 Å². The van der Waals surface area contributed by atoms with Crippen molar-refractivity contribution in [3.05, 3.63) is 53.3 Å². The van der Waals surface area contributed by atoms with Gasteiger partial charge in [-0.25, -0.2) is 0 Å². The molecule has 0 aliphatic heterocycles. The topological polar surface area (TPSA) is 99.8 Å². The average Bonchev–Trinajstić information content (AvgIpc) is 3.28. The minimum absolute atomic E-state index is 0.0825. The van der Waals surface area contributed by atoms with Crippen LogP contribution in [0.15, 0.2) is 36.5 Å². The summed E-state index contributed by atoms with van der Waals surface area (Å²) in [7, 11) is 0. The van der Waals surface area contributed by atoms with Gasteiger partial charge in [-0.3, -0.25) is 14.3 Å². The molecule has 1 saturated carbocycles. The molecule has 1 fully saturated rings. The number of amides is 2. The van der Waals surface area contributed by atoms with Gasteiger partial charge in [-0.1, -0.05) is 12.1 Å². The second kappa shape index (κ2) is 6.96. The van der Waals surface area contributed by atoms with E-state index < -0.39 is 0 Å². The SMILES string of the molecule is N#CCn1ccc(C(=O)NCc2cccc(C(=O)NC3CC3)c2)n1. The second-order valence-corrected chi connectivity index (χ2v) is 5.69. The molecule has 0 saturated heterocycles. The first kappa shape index (κ1) is 15.7. The lowest BCUT2D eigenvalue weighted by molar-refractivity contribution is 0.0941. The van der Waals surface area contributed by atoms with Crippen LogP contribution < -0.4 is 10.6 Å². The first-order valence-electron chi connectivity index (χ1n) is 7.74. The van der Waals surface area contributed by atoms with Gasteiger partial charge in [0.25, 0.3) is 11.8 Å². The summed E-state index contributed by atoms with van der Waals surface area (Å²) in [6.45, 7) is 0.403. The van der Waals surface area contributed by atoms with Gasteiger partial charge in [0, 0.05) is 24.3 Å². The van der Waals surface area contributed by atoms with Gasteiger partial charge in [0.05, 0.1) is 6.07 Å². The van der Waals surface area contributed by atoms with Crippen molar-refractivity contribution >= 4 is 11.8 Å². The van der Waals surface area contributed by atoms with Crippen molar-refractivity contribution in [3.63, 3.8) is 0 Å². The number of aromatic nitrogens is 2. The molecule has 2 amide bonds. The fourth-order valence-corrected chi connectivity index (χ4v) is 2.24. The average molecular weight is 323 g/mol. The van der Waals surface area contributed by atoms with E-state index in [-0.39, 0.29) is 24.1 Å². The highest BCUT2D eigenvalue weighted by atomic mass is 16.2. The Morgan fingerprint density at radius 3 is 2.88 bits per heavy atom. The van der Waals surface area contributed by atoms with Crippen LogP contribution in [-0.2, 0) is 13.1 Å². The van der Waals surface area contributed by atoms with Crippen molar-refractivity contribution in [3.8, 4) is 6.07 Å². The van der Waals surface area contributed by atoms with Crippen molar-refractivity contribution in [2.45, 2.75) is 32.0 Å². The highest BCUT2D eigenvalue weighted by molar-refractivity contribution is 5.95. The van der Waals surface area contributed by atoms with Crippen LogP contribution in [-0.4, -0.2) is 27.6 Å². The second-order valence-electron chi connectivity index (χ2n) is 5.69. The van der Waals surface area contributed by atoms with E-state index in [1.807, 2.05) is 12.1 Å². The van der Waals surface area contributed by atoms with E-state index in [2.05, 4.69) is 15.7 Å². The van der Waals surface area contributed by atoms with Gasteiger partial charge in [-0.2, -0.15) is 10.4 Å². The highest BCUT2D eigenvalue weighted by Gasteiger charge is 2.23. The van der Waals surface area contributed by atoms with Gasteiger partial charge in [0.15, 0.2) is 0 Å². The fraction of sp³-hybridized carbons (Fsp3) is 0.294. The Hall–Kier alpha value is -3.14. The molecule has 3 rings (SSSR count). The molecule has 0 bridgehead atoms. The van der Waals surface area contributed by atoms with Gasteiger partial charge < -0.3 is 10.6 Å². The summed E-state index contributed by atoms with van der Waals surface area (Å²) >= 11 is 0. The first-order valence-corrected chi connectivity index (χ1v) is 7.74. The van der Waals surface area contributed by atoms with Crippen LogP contribution in [0.2, 0.25) is 0 Å². The molecule has 0 unspecified atom stereocenters. The monoisotopic (exact) mass is 323 g/mol. The lowest BCUT2D eigenvalue weighted by atomic mass is 10.1. The Morgan fingerprint density at radius 1 is 1.29 bits per heavy atom. The lowest BCUT2D eigenvalue weighted by Crippen LogP contribution is -2.26. The minimum Gasteiger partial charge on any atom is -0.349 e. The zero-order chi connectivity index (χ0) is 16.9. The molecule has 1 aromatic carbocycles. The molecule has 1 aliphatic rings. The summed E-state index contributed by atoms with van der Waals surface area (Å²) in [5, 5.41) is 18.3. The smallest absolute Gasteiger partial charge is 0.272 e. The first-order chi connectivity index (χ1) is 11.7. The molecule has 24 heavy (non-hydrogen) atoms. The van der Waals surface area contributed by atoms with Crippen LogP contribution in [0.3, 0.4) is 0 Å². The molecule has 2 N–H and O–H groups in total. The number of rotatable bonds is 6. The van der Waals surface area contributed by atoms with Gasteiger partial charge in [0.2, 0.25) is 0 Å². The molecule has 1 aromatic heterocycles. The molecule has 7 heteroatoms. The Morgan fingerprint density at radius 2 is 2.12 bits per heavy atom. The number of nitrogens with one attached hydrogen (secondary N) is 2. The van der Waals surface area contributed by atoms with Crippen LogP contribution in [0.1, 0.15) is 39.3 Å². The van der Waals surface area contributed by atoms with Crippen LogP contribution >= 0.6 is 0 Å². The van der Waals surface area contributed by atoms with E-state index in [9.17, 15) is 9.59 Å². The summed E-state index contributed by atoms with van der Waals surface area (Å²) in [6.07, 6.45) is 3.67. The Kier molecular flexibility index (Phi) is 4.57. The van der Waals surface area contributed by atoms with Gasteiger partial charge >= 0.3 is 0 Å². The summed E-state index contributed by atoms with van der Waals surface area (Å²) in [5.41, 5.74) is 1.68. The Labute approximate surface area is 139 Å². The van der Waals surface area contributed by atoms with Gasteiger partial charge in [-0.05, 0) is 36.6 Å². The summed E-state index contributed by atoms with van der Waals surface area (Å²) in [5.74, 6) is -0.402. The predicted molar refractivity (Wildman–Crippen MR) is 85.9 cm³/mol. The fourth-order valence-electron chi connectivity index (χ4n) is 2.24. The lowest BCUT2D eigenvalue weighted by Gasteiger charge is -2.07. The standard InChI is InChI=1S/C17H17N5O2/c18-7-9-22-8-6-15(21-22)17(24)19-11-12-2-1-3-13(10-12)16(23)20-14-4-5-14/h1-3,6,8,10,14H,4-5,9,11H2,(H,19,24)(H,20,23). The number of nitrogens with zero attached hydrogens (tertiary/aromatic N) is 3. The number of carbonyl (C=O) groups excluding carboxylic acids is 2. The summed E-state index contributed by atoms with van der Waals surface area (Å²) < 4.78 is 1.40. The molecule has 7 nitrogen and oxygen atoms in total. The number of nitriles is 1. The van der Waals surface area contributed by atoms with E-state index in [1.54, 1.807) is 30.5 Å². The van der Waals surface area contributed by atoms with Crippen LogP contribution in [0, 0.1) is 11.3 Å². The molecule has 122 valence electrons. The maximum atomic E-state index is 12.1. The van der Waals surface area contributed by atoms with E-state index in [0.717, 1.165) is 18.4 Å². The third kappa shape index (κ3) is 3.98. The van der Waals surface area contributed by atoms with E-state index in [0.29, 0.717) is 18.2 Å². The van der Waals surface area contributed by atoms with Crippen molar-refractivity contribution in [2.24, 2.45) is 0 Å². The molecular weight excluding hydrogens is 306 g/mol. The minimum atomic E-state index is -0.320. The maximum Gasteiger partial charge on any atom is 0.272 e.